The van der Waals surface area contributed by atoms with E-state index < -0.39 is 10.0 Å². The molecule has 0 aromatic heterocycles. The van der Waals surface area contributed by atoms with E-state index in [1.165, 1.54) is 6.07 Å². The van der Waals surface area contributed by atoms with Crippen LogP contribution in [0.5, 0.6) is 5.75 Å². The number of anilines is 1. The average Bonchev–Trinajstić information content (AvgIpc) is 3.00. The average molecular weight is 443 g/mol. The number of hydrogen-bond acceptors (Lipinski definition) is 4. The summed E-state index contributed by atoms with van der Waals surface area (Å²) in [5, 5.41) is 3.54. The monoisotopic (exact) mass is 442 g/mol. The van der Waals surface area contributed by atoms with Gasteiger partial charge in [0.05, 0.1) is 9.92 Å². The van der Waals surface area contributed by atoms with E-state index in [1.807, 2.05) is 6.92 Å². The van der Waals surface area contributed by atoms with Crippen LogP contribution in [0, 0.1) is 6.92 Å². The minimum atomic E-state index is -3.80. The topological polar surface area (TPSA) is 84.5 Å². The Morgan fingerprint density at radius 1 is 1.25 bits per heavy atom. The predicted octanol–water partition coefficient (Wildman–Crippen LogP) is 3.93. The van der Waals surface area contributed by atoms with Gasteiger partial charge in [-0.15, -0.1) is 0 Å². The lowest BCUT2D eigenvalue weighted by atomic mass is 10.1. The van der Waals surface area contributed by atoms with Crippen LogP contribution in [0.25, 0.3) is 0 Å². The van der Waals surface area contributed by atoms with Crippen LogP contribution in [0.2, 0.25) is 10.0 Å². The molecule has 0 spiro atoms. The molecule has 3 rings (SSSR count). The van der Waals surface area contributed by atoms with Crippen molar-refractivity contribution < 1.29 is 17.9 Å². The highest BCUT2D eigenvalue weighted by atomic mass is 35.5. The molecule has 1 aliphatic heterocycles. The molecule has 1 unspecified atom stereocenters. The SMILES string of the molecule is Cc1c(Cl)cccc1NC(=O)CCNS(=O)(=O)c1cc(Cl)c2c(c1)CC(C)O2. The molecule has 1 aliphatic rings. The van der Waals surface area contributed by atoms with Gasteiger partial charge in [0.15, 0.2) is 0 Å². The molecular formula is C19H20Cl2N2O4S. The maximum atomic E-state index is 12.5. The van der Waals surface area contributed by atoms with Gasteiger partial charge in [-0.2, -0.15) is 0 Å². The molecule has 0 bridgehead atoms. The Hall–Kier alpha value is -1.80. The van der Waals surface area contributed by atoms with Gasteiger partial charge in [0.2, 0.25) is 15.9 Å². The van der Waals surface area contributed by atoms with Crippen molar-refractivity contribution in [3.8, 4) is 5.75 Å². The lowest BCUT2D eigenvalue weighted by molar-refractivity contribution is -0.116. The van der Waals surface area contributed by atoms with E-state index in [4.69, 9.17) is 27.9 Å². The zero-order chi connectivity index (χ0) is 20.5. The molecule has 6 nitrogen and oxygen atoms in total. The first-order valence-electron chi connectivity index (χ1n) is 8.71. The number of fused-ring (bicyclic) bond motifs is 1. The molecule has 2 aromatic carbocycles. The lowest BCUT2D eigenvalue weighted by Gasteiger charge is -2.11. The Morgan fingerprint density at radius 3 is 2.75 bits per heavy atom. The Morgan fingerprint density at radius 2 is 2.00 bits per heavy atom. The number of benzene rings is 2. The summed E-state index contributed by atoms with van der Waals surface area (Å²) < 4.78 is 33.1. The number of hydrogen-bond donors (Lipinski definition) is 2. The third kappa shape index (κ3) is 4.60. The van der Waals surface area contributed by atoms with Crippen LogP contribution in [0.3, 0.4) is 0 Å². The van der Waals surface area contributed by atoms with Crippen molar-refractivity contribution in [3.63, 3.8) is 0 Å². The van der Waals surface area contributed by atoms with Gasteiger partial charge in [0, 0.05) is 35.7 Å². The van der Waals surface area contributed by atoms with Crippen molar-refractivity contribution in [1.29, 1.82) is 0 Å². The van der Waals surface area contributed by atoms with Crippen molar-refractivity contribution in [3.05, 3.63) is 51.5 Å². The molecule has 0 fully saturated rings. The largest absolute Gasteiger partial charge is 0.489 e. The second-order valence-electron chi connectivity index (χ2n) is 6.63. The molecule has 0 aliphatic carbocycles. The summed E-state index contributed by atoms with van der Waals surface area (Å²) in [6.45, 7) is 3.64. The van der Waals surface area contributed by atoms with Crippen molar-refractivity contribution in [1.82, 2.24) is 4.72 Å². The second kappa shape index (κ2) is 8.29. The molecule has 0 saturated heterocycles. The summed E-state index contributed by atoms with van der Waals surface area (Å²) in [6.07, 6.45) is 0.529. The third-order valence-electron chi connectivity index (χ3n) is 4.42. The Bertz CT molecular complexity index is 1020. The highest BCUT2D eigenvalue weighted by Crippen LogP contribution is 2.37. The number of carbonyl (C=O) groups is 1. The molecule has 2 aromatic rings. The van der Waals surface area contributed by atoms with Crippen molar-refractivity contribution >= 4 is 44.8 Å². The molecule has 0 saturated carbocycles. The first-order chi connectivity index (χ1) is 13.2. The number of sulfonamides is 1. The summed E-state index contributed by atoms with van der Waals surface area (Å²) in [4.78, 5) is 12.2. The first kappa shape index (κ1) is 20.9. The minimum Gasteiger partial charge on any atom is -0.489 e. The summed E-state index contributed by atoms with van der Waals surface area (Å²) >= 11 is 12.2. The van der Waals surface area contributed by atoms with Crippen LogP contribution in [0.1, 0.15) is 24.5 Å². The molecular weight excluding hydrogens is 423 g/mol. The zero-order valence-electron chi connectivity index (χ0n) is 15.4. The molecule has 28 heavy (non-hydrogen) atoms. The van der Waals surface area contributed by atoms with E-state index >= 15 is 0 Å². The van der Waals surface area contributed by atoms with Crippen LogP contribution in [-0.2, 0) is 21.2 Å². The van der Waals surface area contributed by atoms with E-state index in [0.717, 1.165) is 11.1 Å². The van der Waals surface area contributed by atoms with Gasteiger partial charge >= 0.3 is 0 Å². The highest BCUT2D eigenvalue weighted by Gasteiger charge is 2.26. The molecule has 2 N–H and O–H groups in total. The normalized spacial score (nSPS) is 15.8. The van der Waals surface area contributed by atoms with Gasteiger partial charge in [-0.25, -0.2) is 13.1 Å². The quantitative estimate of drug-likeness (QED) is 0.709. The number of amides is 1. The highest BCUT2D eigenvalue weighted by molar-refractivity contribution is 7.89. The Labute approximate surface area is 174 Å². The molecule has 1 atom stereocenters. The smallest absolute Gasteiger partial charge is 0.240 e. The van der Waals surface area contributed by atoms with Gasteiger partial charge in [-0.1, -0.05) is 29.3 Å². The van der Waals surface area contributed by atoms with Crippen molar-refractivity contribution in [2.45, 2.75) is 37.7 Å². The number of halogens is 2. The molecule has 1 heterocycles. The molecule has 150 valence electrons. The van der Waals surface area contributed by atoms with Crippen LogP contribution < -0.4 is 14.8 Å². The fraction of sp³-hybridized carbons (Fsp3) is 0.316. The van der Waals surface area contributed by atoms with Gasteiger partial charge in [0.1, 0.15) is 11.9 Å². The standard InChI is InChI=1S/C19H20Cl2N2O4S/c1-11-8-13-9-14(10-16(21)19(13)27-11)28(25,26)22-7-6-18(24)23-17-5-3-4-15(20)12(17)2/h3-5,9-11,22H,6-8H2,1-2H3,(H,23,24). The zero-order valence-corrected chi connectivity index (χ0v) is 17.7. The molecule has 0 radical (unpaired) electrons. The maximum absolute atomic E-state index is 12.5. The van der Waals surface area contributed by atoms with Crippen LogP contribution >= 0.6 is 23.2 Å². The minimum absolute atomic E-state index is 0.0238. The van der Waals surface area contributed by atoms with E-state index in [0.29, 0.717) is 22.9 Å². The van der Waals surface area contributed by atoms with Crippen molar-refractivity contribution in [2.75, 3.05) is 11.9 Å². The van der Waals surface area contributed by atoms with E-state index in [1.54, 1.807) is 31.2 Å². The summed E-state index contributed by atoms with van der Waals surface area (Å²) in [5.74, 6) is 0.215. The third-order valence-corrected chi connectivity index (χ3v) is 6.55. The number of ether oxygens (including phenoxy) is 1. The number of carbonyl (C=O) groups excluding carboxylic acids is 1. The Kier molecular flexibility index (Phi) is 6.19. The van der Waals surface area contributed by atoms with E-state index in [-0.39, 0.29) is 34.9 Å². The van der Waals surface area contributed by atoms with E-state index in [9.17, 15) is 13.2 Å². The fourth-order valence-electron chi connectivity index (χ4n) is 2.95. The predicted molar refractivity (Wildman–Crippen MR) is 110 cm³/mol. The maximum Gasteiger partial charge on any atom is 0.240 e. The van der Waals surface area contributed by atoms with E-state index in [2.05, 4.69) is 10.0 Å². The van der Waals surface area contributed by atoms with Gasteiger partial charge in [0.25, 0.3) is 0 Å². The first-order valence-corrected chi connectivity index (χ1v) is 10.9. The second-order valence-corrected chi connectivity index (χ2v) is 9.22. The molecule has 9 heteroatoms. The van der Waals surface area contributed by atoms with Gasteiger partial charge in [-0.3, -0.25) is 4.79 Å². The van der Waals surface area contributed by atoms with Crippen LogP contribution in [-0.4, -0.2) is 27.0 Å². The fourth-order valence-corrected chi connectivity index (χ4v) is 4.58. The number of nitrogens with one attached hydrogen (secondary N) is 2. The summed E-state index contributed by atoms with van der Waals surface area (Å²) in [6, 6.07) is 8.11. The van der Waals surface area contributed by atoms with Crippen molar-refractivity contribution in [2.24, 2.45) is 0 Å². The number of rotatable bonds is 6. The van der Waals surface area contributed by atoms with Gasteiger partial charge in [-0.05, 0) is 43.7 Å². The summed E-state index contributed by atoms with van der Waals surface area (Å²) in [7, 11) is -3.80. The van der Waals surface area contributed by atoms with Crippen LogP contribution in [0.4, 0.5) is 5.69 Å². The lowest BCUT2D eigenvalue weighted by Crippen LogP contribution is -2.28. The molecule has 1 amide bonds. The summed E-state index contributed by atoms with van der Waals surface area (Å²) in [5.41, 5.74) is 2.11. The van der Waals surface area contributed by atoms with Gasteiger partial charge < -0.3 is 10.1 Å². The van der Waals surface area contributed by atoms with Crippen LogP contribution in [0.15, 0.2) is 35.2 Å². The Balaban J connectivity index is 1.61.